The molecule has 0 radical (unpaired) electrons. The molecule has 0 N–H and O–H groups in total. The van der Waals surface area contributed by atoms with Gasteiger partial charge in [0.2, 0.25) is 0 Å². The fourth-order valence-electron chi connectivity index (χ4n) is 2.87. The van der Waals surface area contributed by atoms with Crippen LogP contribution in [-0.2, 0) is 0 Å². The summed E-state index contributed by atoms with van der Waals surface area (Å²) < 4.78 is 12.8. The first kappa shape index (κ1) is 13.6. The molecule has 0 aliphatic carbocycles. The Kier molecular flexibility index (Phi) is 3.12. The molecule has 0 unspecified atom stereocenters. The lowest BCUT2D eigenvalue weighted by atomic mass is 10.0. The van der Waals surface area contributed by atoms with E-state index in [4.69, 9.17) is 9.47 Å². The van der Waals surface area contributed by atoms with Gasteiger partial charge < -0.3 is 9.47 Å². The number of hydrogen-bond acceptors (Lipinski definition) is 4. The highest BCUT2D eigenvalue weighted by Gasteiger charge is 2.14. The second-order valence-electron chi connectivity index (χ2n) is 5.21. The second kappa shape index (κ2) is 5.28. The number of pyridine rings is 1. The highest BCUT2D eigenvalue weighted by atomic mass is 16.5. The molecule has 0 atom stereocenters. The third kappa shape index (κ3) is 2.09. The minimum atomic E-state index is 0.681. The van der Waals surface area contributed by atoms with Crippen LogP contribution in [0, 0.1) is 0 Å². The Labute approximate surface area is 133 Å². The highest BCUT2D eigenvalue weighted by molar-refractivity contribution is 5.98. The van der Waals surface area contributed by atoms with Gasteiger partial charge >= 0.3 is 0 Å². The first-order chi connectivity index (χ1) is 11.3. The zero-order valence-electron chi connectivity index (χ0n) is 12.9. The molecule has 0 bridgehead atoms. The summed E-state index contributed by atoms with van der Waals surface area (Å²) in [6.07, 6.45) is 1.71. The number of methoxy groups -OCH3 is 2. The maximum atomic E-state index is 5.46. The Morgan fingerprint density at radius 1 is 0.913 bits per heavy atom. The maximum absolute atomic E-state index is 5.46. The SMILES string of the molecule is COc1cc2c(-c3ccccc3)cc3nncn3c2cc1OC. The summed E-state index contributed by atoms with van der Waals surface area (Å²) in [6.45, 7) is 0. The Hall–Kier alpha value is -3.08. The minimum Gasteiger partial charge on any atom is -0.493 e. The molecule has 0 saturated heterocycles. The molecule has 0 saturated carbocycles. The van der Waals surface area contributed by atoms with E-state index in [0.717, 1.165) is 27.7 Å². The maximum Gasteiger partial charge on any atom is 0.162 e. The van der Waals surface area contributed by atoms with Gasteiger partial charge in [-0.05, 0) is 23.3 Å². The van der Waals surface area contributed by atoms with Crippen molar-refractivity contribution >= 4 is 16.6 Å². The van der Waals surface area contributed by atoms with Crippen molar-refractivity contribution in [3.63, 3.8) is 0 Å². The number of fused-ring (bicyclic) bond motifs is 3. The van der Waals surface area contributed by atoms with Gasteiger partial charge in [0.15, 0.2) is 17.1 Å². The van der Waals surface area contributed by atoms with Crippen molar-refractivity contribution < 1.29 is 9.47 Å². The molecule has 0 aliphatic rings. The summed E-state index contributed by atoms with van der Waals surface area (Å²) in [6, 6.07) is 16.2. The third-order valence-corrected chi connectivity index (χ3v) is 3.98. The van der Waals surface area contributed by atoms with Gasteiger partial charge in [0, 0.05) is 11.5 Å². The van der Waals surface area contributed by atoms with E-state index in [1.807, 2.05) is 40.8 Å². The molecule has 0 spiro atoms. The van der Waals surface area contributed by atoms with Gasteiger partial charge in [-0.1, -0.05) is 30.3 Å². The molecule has 2 aromatic heterocycles. The summed E-state index contributed by atoms with van der Waals surface area (Å²) in [5.74, 6) is 1.38. The molecule has 114 valence electrons. The molecule has 23 heavy (non-hydrogen) atoms. The summed E-state index contributed by atoms with van der Waals surface area (Å²) in [5.41, 5.74) is 3.98. The standard InChI is InChI=1S/C18H15N3O2/c1-22-16-8-14-13(12-6-4-3-5-7-12)9-18-20-19-11-21(18)15(14)10-17(16)23-2/h3-11H,1-2H3. The summed E-state index contributed by atoms with van der Waals surface area (Å²) in [5, 5.41) is 9.28. The topological polar surface area (TPSA) is 48.7 Å². The Bertz CT molecular complexity index is 993. The van der Waals surface area contributed by atoms with Crippen molar-refractivity contribution in [1.29, 1.82) is 0 Å². The third-order valence-electron chi connectivity index (χ3n) is 3.98. The van der Waals surface area contributed by atoms with Crippen LogP contribution < -0.4 is 9.47 Å². The fraction of sp³-hybridized carbons (Fsp3) is 0.111. The summed E-state index contributed by atoms with van der Waals surface area (Å²) in [7, 11) is 3.28. The molecule has 4 rings (SSSR count). The molecule has 0 fully saturated rings. The molecule has 0 amide bonds. The van der Waals surface area contributed by atoms with Crippen LogP contribution in [-0.4, -0.2) is 28.8 Å². The average Bonchev–Trinajstić information content (AvgIpc) is 3.09. The van der Waals surface area contributed by atoms with Crippen molar-refractivity contribution in [2.75, 3.05) is 14.2 Å². The van der Waals surface area contributed by atoms with Crippen molar-refractivity contribution in [3.05, 3.63) is 54.9 Å². The van der Waals surface area contributed by atoms with E-state index >= 15 is 0 Å². The number of hydrogen-bond donors (Lipinski definition) is 0. The molecule has 5 nitrogen and oxygen atoms in total. The first-order valence-electron chi connectivity index (χ1n) is 7.25. The quantitative estimate of drug-likeness (QED) is 0.580. The minimum absolute atomic E-state index is 0.681. The average molecular weight is 305 g/mol. The van der Waals surface area contributed by atoms with Crippen LogP contribution in [0.1, 0.15) is 0 Å². The van der Waals surface area contributed by atoms with E-state index in [2.05, 4.69) is 22.3 Å². The highest BCUT2D eigenvalue weighted by Crippen LogP contribution is 2.37. The van der Waals surface area contributed by atoms with Gasteiger partial charge in [0.05, 0.1) is 19.7 Å². The predicted octanol–water partition coefficient (Wildman–Crippen LogP) is 3.57. The fourth-order valence-corrected chi connectivity index (χ4v) is 2.87. The summed E-state index contributed by atoms with van der Waals surface area (Å²) >= 11 is 0. The smallest absolute Gasteiger partial charge is 0.162 e. The second-order valence-corrected chi connectivity index (χ2v) is 5.21. The molecule has 4 aromatic rings. The van der Waals surface area contributed by atoms with Gasteiger partial charge in [0.1, 0.15) is 6.33 Å². The summed E-state index contributed by atoms with van der Waals surface area (Å²) in [4.78, 5) is 0. The van der Waals surface area contributed by atoms with Crippen LogP contribution in [0.25, 0.3) is 27.7 Å². The van der Waals surface area contributed by atoms with Crippen molar-refractivity contribution in [2.24, 2.45) is 0 Å². The van der Waals surface area contributed by atoms with Crippen LogP contribution in [0.15, 0.2) is 54.9 Å². The zero-order valence-corrected chi connectivity index (χ0v) is 12.9. The van der Waals surface area contributed by atoms with E-state index < -0.39 is 0 Å². The van der Waals surface area contributed by atoms with Crippen molar-refractivity contribution in [1.82, 2.24) is 14.6 Å². The Morgan fingerprint density at radius 3 is 2.39 bits per heavy atom. The van der Waals surface area contributed by atoms with E-state index in [0.29, 0.717) is 11.5 Å². The zero-order chi connectivity index (χ0) is 15.8. The molecule has 0 aliphatic heterocycles. The number of aromatic nitrogens is 3. The molecule has 2 heterocycles. The lowest BCUT2D eigenvalue weighted by molar-refractivity contribution is 0.356. The largest absolute Gasteiger partial charge is 0.493 e. The number of benzene rings is 2. The van der Waals surface area contributed by atoms with Crippen molar-refractivity contribution in [2.45, 2.75) is 0 Å². The van der Waals surface area contributed by atoms with E-state index in [-0.39, 0.29) is 0 Å². The van der Waals surface area contributed by atoms with E-state index in [9.17, 15) is 0 Å². The molecule has 5 heteroatoms. The van der Waals surface area contributed by atoms with Gasteiger partial charge in [0.25, 0.3) is 0 Å². The number of rotatable bonds is 3. The normalized spacial score (nSPS) is 11.0. The Balaban J connectivity index is 2.15. The number of ether oxygens (including phenoxy) is 2. The Morgan fingerprint density at radius 2 is 1.65 bits per heavy atom. The monoisotopic (exact) mass is 305 g/mol. The number of nitrogens with zero attached hydrogens (tertiary/aromatic N) is 3. The van der Waals surface area contributed by atoms with Crippen LogP contribution in [0.3, 0.4) is 0 Å². The predicted molar refractivity (Wildman–Crippen MR) is 89.0 cm³/mol. The molecule has 2 aromatic carbocycles. The van der Waals surface area contributed by atoms with Crippen LogP contribution in [0.4, 0.5) is 0 Å². The van der Waals surface area contributed by atoms with E-state index in [1.54, 1.807) is 20.5 Å². The van der Waals surface area contributed by atoms with Crippen molar-refractivity contribution in [3.8, 4) is 22.6 Å². The van der Waals surface area contributed by atoms with Crippen LogP contribution in [0.5, 0.6) is 11.5 Å². The van der Waals surface area contributed by atoms with E-state index in [1.165, 1.54) is 0 Å². The lowest BCUT2D eigenvalue weighted by Crippen LogP contribution is -1.95. The first-order valence-corrected chi connectivity index (χ1v) is 7.25. The van der Waals surface area contributed by atoms with Gasteiger partial charge in [-0.2, -0.15) is 0 Å². The molecular formula is C18H15N3O2. The van der Waals surface area contributed by atoms with Gasteiger partial charge in [-0.3, -0.25) is 4.40 Å². The van der Waals surface area contributed by atoms with Gasteiger partial charge in [-0.15, -0.1) is 10.2 Å². The lowest BCUT2D eigenvalue weighted by Gasteiger charge is -2.13. The molecular weight excluding hydrogens is 290 g/mol. The van der Waals surface area contributed by atoms with Crippen LogP contribution in [0.2, 0.25) is 0 Å². The van der Waals surface area contributed by atoms with Crippen LogP contribution >= 0.6 is 0 Å². The van der Waals surface area contributed by atoms with Gasteiger partial charge in [-0.25, -0.2) is 0 Å².